The van der Waals surface area contributed by atoms with Gasteiger partial charge in [-0.05, 0) is 25.0 Å². The number of carbonyl (C=O) groups excluding carboxylic acids is 1. The minimum absolute atomic E-state index is 0.0567. The van der Waals surface area contributed by atoms with Gasteiger partial charge in [0.25, 0.3) is 0 Å². The third-order valence-corrected chi connectivity index (χ3v) is 4.27. The van der Waals surface area contributed by atoms with E-state index in [2.05, 4.69) is 16.8 Å². The summed E-state index contributed by atoms with van der Waals surface area (Å²) in [4.78, 5) is 23.0. The van der Waals surface area contributed by atoms with E-state index >= 15 is 0 Å². The molecule has 1 fully saturated rings. The summed E-state index contributed by atoms with van der Waals surface area (Å²) in [7, 11) is 0. The molecule has 1 aromatic heterocycles. The summed E-state index contributed by atoms with van der Waals surface area (Å²) in [5.74, 6) is 0.0428. The number of primary amides is 1. The average Bonchev–Trinajstić information content (AvgIpc) is 2.81. The van der Waals surface area contributed by atoms with Crippen molar-refractivity contribution in [3.8, 4) is 0 Å². The molecule has 2 atom stereocenters. The number of hydrogen-bond donors (Lipinski definition) is 1. The molecular weight excluding hydrogens is 264 g/mol. The van der Waals surface area contributed by atoms with E-state index in [0.717, 1.165) is 35.5 Å². The number of amides is 1. The Bertz CT molecular complexity index is 685. The van der Waals surface area contributed by atoms with Crippen molar-refractivity contribution in [1.29, 1.82) is 0 Å². The molecule has 1 saturated heterocycles. The zero-order valence-electron chi connectivity index (χ0n) is 12.4. The Hall–Kier alpha value is -2.01. The first-order valence-electron chi connectivity index (χ1n) is 7.28. The van der Waals surface area contributed by atoms with Crippen LogP contribution in [0.5, 0.6) is 0 Å². The minimum Gasteiger partial charge on any atom is -0.369 e. The molecule has 2 aromatic rings. The highest BCUT2D eigenvalue weighted by Crippen LogP contribution is 2.24. The zero-order valence-corrected chi connectivity index (χ0v) is 12.4. The van der Waals surface area contributed by atoms with Gasteiger partial charge >= 0.3 is 0 Å². The third kappa shape index (κ3) is 2.74. The molecule has 1 amide bonds. The molecule has 5 heteroatoms. The molecular formula is C16H20N4O. The van der Waals surface area contributed by atoms with Crippen LogP contribution in [0.4, 0.5) is 0 Å². The number of aromatic nitrogens is 2. The van der Waals surface area contributed by atoms with E-state index in [1.807, 2.05) is 31.2 Å². The molecule has 0 spiro atoms. The van der Waals surface area contributed by atoms with Gasteiger partial charge in [0, 0.05) is 19.6 Å². The van der Waals surface area contributed by atoms with Gasteiger partial charge < -0.3 is 5.73 Å². The Morgan fingerprint density at radius 1 is 1.29 bits per heavy atom. The van der Waals surface area contributed by atoms with Crippen molar-refractivity contribution in [1.82, 2.24) is 14.9 Å². The van der Waals surface area contributed by atoms with Crippen LogP contribution in [0.2, 0.25) is 0 Å². The van der Waals surface area contributed by atoms with Crippen LogP contribution in [0.1, 0.15) is 18.3 Å². The van der Waals surface area contributed by atoms with Crippen LogP contribution in [0.3, 0.4) is 0 Å². The number of carbonyl (C=O) groups is 1. The molecule has 1 aliphatic heterocycles. The Balaban J connectivity index is 1.82. The monoisotopic (exact) mass is 284 g/mol. The van der Waals surface area contributed by atoms with Crippen LogP contribution in [-0.4, -0.2) is 33.9 Å². The summed E-state index contributed by atoms with van der Waals surface area (Å²) in [6.45, 7) is 6.37. The number of likely N-dealkylation sites (tertiary alicyclic amines) is 1. The Kier molecular flexibility index (Phi) is 3.59. The summed E-state index contributed by atoms with van der Waals surface area (Å²) in [6, 6.07) is 7.89. The van der Waals surface area contributed by atoms with Crippen molar-refractivity contribution in [3.05, 3.63) is 35.7 Å². The molecule has 2 heterocycles. The number of para-hydroxylation sites is 2. The molecule has 1 aliphatic rings. The topological polar surface area (TPSA) is 72.1 Å². The Labute approximate surface area is 124 Å². The van der Waals surface area contributed by atoms with Crippen molar-refractivity contribution in [3.63, 3.8) is 0 Å². The average molecular weight is 284 g/mol. The lowest BCUT2D eigenvalue weighted by Crippen LogP contribution is -2.29. The minimum atomic E-state index is -0.202. The highest BCUT2D eigenvalue weighted by Gasteiger charge is 2.33. The van der Waals surface area contributed by atoms with Crippen molar-refractivity contribution in [2.75, 3.05) is 13.1 Å². The van der Waals surface area contributed by atoms with Crippen molar-refractivity contribution in [2.24, 2.45) is 17.6 Å². The van der Waals surface area contributed by atoms with Crippen LogP contribution in [0, 0.1) is 18.8 Å². The summed E-state index contributed by atoms with van der Waals surface area (Å²) >= 11 is 0. The highest BCUT2D eigenvalue weighted by atomic mass is 16.1. The van der Waals surface area contributed by atoms with E-state index in [-0.39, 0.29) is 11.8 Å². The zero-order chi connectivity index (χ0) is 15.0. The van der Waals surface area contributed by atoms with E-state index in [4.69, 9.17) is 10.7 Å². The standard InChI is InChI=1S/C16H20N4O/c1-10-7-20(8-12(10)16(17)21)9-15-11(2)18-13-5-3-4-6-14(13)19-15/h3-6,10,12H,7-9H2,1-2H3,(H2,17,21)/t10-,12-/m1/s1. The summed E-state index contributed by atoms with van der Waals surface area (Å²) < 4.78 is 0. The molecule has 0 bridgehead atoms. The highest BCUT2D eigenvalue weighted by molar-refractivity contribution is 5.77. The molecule has 3 rings (SSSR count). The second kappa shape index (κ2) is 5.41. The van der Waals surface area contributed by atoms with Crippen LogP contribution in [0.25, 0.3) is 11.0 Å². The number of nitrogens with two attached hydrogens (primary N) is 1. The van der Waals surface area contributed by atoms with Crippen molar-refractivity contribution < 1.29 is 4.79 Å². The predicted molar refractivity (Wildman–Crippen MR) is 81.4 cm³/mol. The molecule has 0 unspecified atom stereocenters. The number of benzene rings is 1. The number of hydrogen-bond acceptors (Lipinski definition) is 4. The largest absolute Gasteiger partial charge is 0.369 e. The normalized spacial score (nSPS) is 22.8. The fraction of sp³-hybridized carbons (Fsp3) is 0.438. The first-order chi connectivity index (χ1) is 10.0. The lowest BCUT2D eigenvalue weighted by molar-refractivity contribution is -0.122. The van der Waals surface area contributed by atoms with Crippen LogP contribution >= 0.6 is 0 Å². The SMILES string of the molecule is Cc1nc2ccccc2nc1CN1C[C@@H](C)[C@H](C(N)=O)C1. The van der Waals surface area contributed by atoms with E-state index in [9.17, 15) is 4.79 Å². The van der Waals surface area contributed by atoms with Gasteiger partial charge in [-0.25, -0.2) is 9.97 Å². The molecule has 0 radical (unpaired) electrons. The molecule has 0 saturated carbocycles. The number of rotatable bonds is 3. The third-order valence-electron chi connectivity index (χ3n) is 4.27. The molecule has 0 aliphatic carbocycles. The van der Waals surface area contributed by atoms with Gasteiger partial charge in [-0.3, -0.25) is 9.69 Å². The fourth-order valence-corrected chi connectivity index (χ4v) is 3.05. The second-order valence-corrected chi connectivity index (χ2v) is 5.92. The first-order valence-corrected chi connectivity index (χ1v) is 7.28. The summed E-state index contributed by atoms with van der Waals surface area (Å²) in [6.07, 6.45) is 0. The number of aryl methyl sites for hydroxylation is 1. The maximum atomic E-state index is 11.4. The molecule has 1 aromatic carbocycles. The summed E-state index contributed by atoms with van der Waals surface area (Å²) in [5.41, 5.74) is 9.21. The maximum absolute atomic E-state index is 11.4. The molecule has 2 N–H and O–H groups in total. The fourth-order valence-electron chi connectivity index (χ4n) is 3.05. The lowest BCUT2D eigenvalue weighted by atomic mass is 9.98. The smallest absolute Gasteiger partial charge is 0.222 e. The van der Waals surface area contributed by atoms with Gasteiger partial charge in [0.1, 0.15) is 0 Å². The molecule has 5 nitrogen and oxygen atoms in total. The van der Waals surface area contributed by atoms with Gasteiger partial charge in [0.05, 0.1) is 28.3 Å². The van der Waals surface area contributed by atoms with Gasteiger partial charge in [0.15, 0.2) is 0 Å². The summed E-state index contributed by atoms with van der Waals surface area (Å²) in [5, 5.41) is 0. The van der Waals surface area contributed by atoms with Gasteiger partial charge in [-0.1, -0.05) is 19.1 Å². The number of fused-ring (bicyclic) bond motifs is 1. The van der Waals surface area contributed by atoms with E-state index in [1.165, 1.54) is 0 Å². The molecule has 21 heavy (non-hydrogen) atoms. The van der Waals surface area contributed by atoms with Crippen LogP contribution in [0.15, 0.2) is 24.3 Å². The van der Waals surface area contributed by atoms with Crippen LogP contribution < -0.4 is 5.73 Å². The first kappa shape index (κ1) is 13.9. The lowest BCUT2D eigenvalue weighted by Gasteiger charge is -2.16. The van der Waals surface area contributed by atoms with E-state index in [0.29, 0.717) is 12.5 Å². The van der Waals surface area contributed by atoms with E-state index < -0.39 is 0 Å². The van der Waals surface area contributed by atoms with Gasteiger partial charge in [0.2, 0.25) is 5.91 Å². The molecule has 110 valence electrons. The quantitative estimate of drug-likeness (QED) is 0.927. The Morgan fingerprint density at radius 2 is 1.95 bits per heavy atom. The van der Waals surface area contributed by atoms with Gasteiger partial charge in [-0.15, -0.1) is 0 Å². The van der Waals surface area contributed by atoms with Crippen molar-refractivity contribution >= 4 is 16.9 Å². The van der Waals surface area contributed by atoms with Crippen molar-refractivity contribution in [2.45, 2.75) is 20.4 Å². The van der Waals surface area contributed by atoms with Crippen LogP contribution in [-0.2, 0) is 11.3 Å². The Morgan fingerprint density at radius 3 is 2.57 bits per heavy atom. The van der Waals surface area contributed by atoms with E-state index in [1.54, 1.807) is 0 Å². The van der Waals surface area contributed by atoms with Gasteiger partial charge in [-0.2, -0.15) is 0 Å². The second-order valence-electron chi connectivity index (χ2n) is 5.92. The maximum Gasteiger partial charge on any atom is 0.222 e. The predicted octanol–water partition coefficient (Wildman–Crippen LogP) is 1.49. The number of nitrogens with zero attached hydrogens (tertiary/aromatic N) is 3.